The Bertz CT molecular complexity index is 422. The summed E-state index contributed by atoms with van der Waals surface area (Å²) in [7, 11) is -3.42. The van der Waals surface area contributed by atoms with Gasteiger partial charge in [0.25, 0.3) is 10.1 Å². The molecule has 0 aromatic heterocycles. The highest BCUT2D eigenvalue weighted by Gasteiger charge is 2.12. The number of ether oxygens (including phenoxy) is 1. The third kappa shape index (κ3) is 4.20. The van der Waals surface area contributed by atoms with Crippen LogP contribution in [0.25, 0.3) is 0 Å². The van der Waals surface area contributed by atoms with Crippen molar-refractivity contribution in [1.29, 1.82) is 0 Å². The fraction of sp³-hybridized carbons (Fsp3) is 0.455. The molecular formula is C11H16O4S. The minimum Gasteiger partial charge on any atom is -0.494 e. The first kappa shape index (κ1) is 13.0. The first-order valence-corrected chi connectivity index (χ1v) is 6.85. The molecule has 0 bridgehead atoms. The van der Waals surface area contributed by atoms with Crippen LogP contribution in [0.15, 0.2) is 24.3 Å². The van der Waals surface area contributed by atoms with Gasteiger partial charge in [0.05, 0.1) is 19.0 Å². The zero-order valence-corrected chi connectivity index (χ0v) is 10.5. The monoisotopic (exact) mass is 244 g/mol. The molecule has 0 saturated heterocycles. The van der Waals surface area contributed by atoms with E-state index in [2.05, 4.69) is 0 Å². The first-order valence-electron chi connectivity index (χ1n) is 5.03. The summed E-state index contributed by atoms with van der Waals surface area (Å²) in [5.41, 5.74) is 0.800. The molecule has 4 nitrogen and oxygen atoms in total. The number of rotatable bonds is 5. The lowest BCUT2D eigenvalue weighted by Gasteiger charge is -2.11. The summed E-state index contributed by atoms with van der Waals surface area (Å²) in [4.78, 5) is 0. The predicted molar refractivity (Wildman–Crippen MR) is 62.0 cm³/mol. The second kappa shape index (κ2) is 5.32. The van der Waals surface area contributed by atoms with Gasteiger partial charge in [0.2, 0.25) is 0 Å². The highest BCUT2D eigenvalue weighted by molar-refractivity contribution is 7.86. The standard InChI is InChI=1S/C11H16O4S/c1-4-14-11-7-5-10(6-8-11)9(2)15-16(3,12)13/h5-9H,4H2,1-3H3. The van der Waals surface area contributed by atoms with E-state index in [1.807, 2.05) is 6.92 Å². The molecule has 0 N–H and O–H groups in total. The Morgan fingerprint density at radius 1 is 1.25 bits per heavy atom. The molecule has 0 aliphatic rings. The van der Waals surface area contributed by atoms with E-state index in [4.69, 9.17) is 8.92 Å². The van der Waals surface area contributed by atoms with Crippen LogP contribution < -0.4 is 4.74 Å². The van der Waals surface area contributed by atoms with Crippen LogP contribution in [0.1, 0.15) is 25.5 Å². The maximum Gasteiger partial charge on any atom is 0.264 e. The number of hydrogen-bond donors (Lipinski definition) is 0. The highest BCUT2D eigenvalue weighted by Crippen LogP contribution is 2.21. The van der Waals surface area contributed by atoms with Crippen molar-refractivity contribution in [1.82, 2.24) is 0 Å². The highest BCUT2D eigenvalue weighted by atomic mass is 32.2. The van der Waals surface area contributed by atoms with Crippen molar-refractivity contribution in [3.8, 4) is 5.75 Å². The smallest absolute Gasteiger partial charge is 0.264 e. The van der Waals surface area contributed by atoms with Gasteiger partial charge in [0, 0.05) is 0 Å². The van der Waals surface area contributed by atoms with Gasteiger partial charge in [0.1, 0.15) is 5.75 Å². The average Bonchev–Trinajstić information content (AvgIpc) is 2.16. The zero-order chi connectivity index (χ0) is 12.2. The molecule has 0 amide bonds. The summed E-state index contributed by atoms with van der Waals surface area (Å²) in [6.07, 6.45) is 0.559. The molecule has 0 spiro atoms. The molecule has 0 saturated carbocycles. The van der Waals surface area contributed by atoms with Crippen LogP contribution in [-0.2, 0) is 14.3 Å². The minimum absolute atomic E-state index is 0.481. The van der Waals surface area contributed by atoms with E-state index in [0.717, 1.165) is 17.6 Å². The lowest BCUT2D eigenvalue weighted by atomic mass is 10.1. The van der Waals surface area contributed by atoms with E-state index < -0.39 is 16.2 Å². The summed E-state index contributed by atoms with van der Waals surface area (Å²) in [5.74, 6) is 0.762. The van der Waals surface area contributed by atoms with Crippen molar-refractivity contribution in [2.45, 2.75) is 20.0 Å². The van der Waals surface area contributed by atoms with Gasteiger partial charge in [-0.15, -0.1) is 0 Å². The maximum absolute atomic E-state index is 10.9. The van der Waals surface area contributed by atoms with Gasteiger partial charge in [-0.05, 0) is 31.5 Å². The SMILES string of the molecule is CCOc1ccc(C(C)OS(C)(=O)=O)cc1. The predicted octanol–water partition coefficient (Wildman–Crippen LogP) is 2.12. The molecule has 1 unspecified atom stereocenters. The Balaban J connectivity index is 2.74. The molecule has 5 heteroatoms. The van der Waals surface area contributed by atoms with E-state index in [9.17, 15) is 8.42 Å². The zero-order valence-electron chi connectivity index (χ0n) is 9.64. The molecule has 0 aliphatic heterocycles. The van der Waals surface area contributed by atoms with Crippen LogP contribution in [0.3, 0.4) is 0 Å². The normalized spacial score (nSPS) is 13.4. The van der Waals surface area contributed by atoms with Crippen LogP contribution in [-0.4, -0.2) is 21.3 Å². The summed E-state index contributed by atoms with van der Waals surface area (Å²) < 4.78 is 32.0. The fourth-order valence-corrected chi connectivity index (χ4v) is 1.95. The quantitative estimate of drug-likeness (QED) is 0.744. The van der Waals surface area contributed by atoms with Crippen molar-refractivity contribution < 1.29 is 17.3 Å². The Morgan fingerprint density at radius 3 is 2.25 bits per heavy atom. The largest absolute Gasteiger partial charge is 0.494 e. The van der Waals surface area contributed by atoms with Gasteiger partial charge in [-0.1, -0.05) is 12.1 Å². The van der Waals surface area contributed by atoms with Crippen LogP contribution >= 0.6 is 0 Å². The van der Waals surface area contributed by atoms with Crippen molar-refractivity contribution >= 4 is 10.1 Å². The Labute approximate surface area is 96.3 Å². The van der Waals surface area contributed by atoms with E-state index >= 15 is 0 Å². The van der Waals surface area contributed by atoms with Gasteiger partial charge in [-0.25, -0.2) is 0 Å². The van der Waals surface area contributed by atoms with Crippen molar-refractivity contribution in [3.05, 3.63) is 29.8 Å². The second-order valence-electron chi connectivity index (χ2n) is 3.44. The average molecular weight is 244 g/mol. The minimum atomic E-state index is -3.42. The Morgan fingerprint density at radius 2 is 1.81 bits per heavy atom. The third-order valence-corrected chi connectivity index (χ3v) is 2.62. The van der Waals surface area contributed by atoms with Gasteiger partial charge in [-0.3, -0.25) is 4.18 Å². The van der Waals surface area contributed by atoms with E-state index in [-0.39, 0.29) is 0 Å². The summed E-state index contributed by atoms with van der Waals surface area (Å²) in [5, 5.41) is 0. The maximum atomic E-state index is 10.9. The Hall–Kier alpha value is -1.07. The van der Waals surface area contributed by atoms with E-state index in [1.54, 1.807) is 31.2 Å². The van der Waals surface area contributed by atoms with Crippen LogP contribution in [0, 0.1) is 0 Å². The molecule has 0 radical (unpaired) electrons. The molecule has 16 heavy (non-hydrogen) atoms. The molecule has 0 fully saturated rings. The molecule has 90 valence electrons. The van der Waals surface area contributed by atoms with E-state index in [1.165, 1.54) is 0 Å². The summed E-state index contributed by atoms with van der Waals surface area (Å²) in [6.45, 7) is 4.20. The molecule has 0 aliphatic carbocycles. The lowest BCUT2D eigenvalue weighted by Crippen LogP contribution is -2.07. The Kier molecular flexibility index (Phi) is 4.32. The summed E-state index contributed by atoms with van der Waals surface area (Å²) >= 11 is 0. The lowest BCUT2D eigenvalue weighted by molar-refractivity contribution is 0.236. The van der Waals surface area contributed by atoms with Crippen molar-refractivity contribution in [3.63, 3.8) is 0 Å². The van der Waals surface area contributed by atoms with Gasteiger partial charge >= 0.3 is 0 Å². The molecule has 1 atom stereocenters. The molecule has 0 heterocycles. The van der Waals surface area contributed by atoms with Gasteiger partial charge < -0.3 is 4.74 Å². The molecule has 1 aromatic rings. The molecular weight excluding hydrogens is 228 g/mol. The van der Waals surface area contributed by atoms with Crippen LogP contribution in [0.4, 0.5) is 0 Å². The van der Waals surface area contributed by atoms with Crippen LogP contribution in [0.2, 0.25) is 0 Å². The molecule has 1 aromatic carbocycles. The molecule has 1 rings (SSSR count). The van der Waals surface area contributed by atoms with Crippen LogP contribution in [0.5, 0.6) is 5.75 Å². The second-order valence-corrected chi connectivity index (χ2v) is 5.05. The topological polar surface area (TPSA) is 52.6 Å². The summed E-state index contributed by atoms with van der Waals surface area (Å²) in [6, 6.07) is 7.17. The fourth-order valence-electron chi connectivity index (χ4n) is 1.32. The van der Waals surface area contributed by atoms with Crippen molar-refractivity contribution in [2.75, 3.05) is 12.9 Å². The first-order chi connectivity index (χ1) is 7.42. The third-order valence-electron chi connectivity index (χ3n) is 1.98. The van der Waals surface area contributed by atoms with Crippen molar-refractivity contribution in [2.24, 2.45) is 0 Å². The van der Waals surface area contributed by atoms with Gasteiger partial charge in [-0.2, -0.15) is 8.42 Å². The number of benzene rings is 1. The van der Waals surface area contributed by atoms with E-state index in [0.29, 0.717) is 6.61 Å². The van der Waals surface area contributed by atoms with Gasteiger partial charge in [0.15, 0.2) is 0 Å². The number of hydrogen-bond acceptors (Lipinski definition) is 4.